The lowest BCUT2D eigenvalue weighted by Gasteiger charge is -2.18. The molecule has 0 aliphatic carbocycles. The van der Waals surface area contributed by atoms with Gasteiger partial charge in [0.15, 0.2) is 0 Å². The number of halogens is 2. The summed E-state index contributed by atoms with van der Waals surface area (Å²) in [5, 5.41) is 7.73. The van der Waals surface area contributed by atoms with Gasteiger partial charge in [-0.2, -0.15) is 11.3 Å². The van der Waals surface area contributed by atoms with Crippen molar-refractivity contribution in [3.8, 4) is 0 Å². The fraction of sp³-hybridized carbons (Fsp3) is 0.333. The van der Waals surface area contributed by atoms with Crippen molar-refractivity contribution in [2.24, 2.45) is 0 Å². The molecule has 0 amide bonds. The minimum Gasteiger partial charge on any atom is -0.310 e. The number of thiophene rings is 1. The highest BCUT2D eigenvalue weighted by atomic mass is 79.9. The predicted octanol–water partition coefficient (Wildman–Crippen LogP) is 4.85. The van der Waals surface area contributed by atoms with Crippen LogP contribution in [0, 0.1) is 12.7 Å². The van der Waals surface area contributed by atoms with Crippen LogP contribution in [-0.4, -0.2) is 6.54 Å². The van der Waals surface area contributed by atoms with Crippen LogP contribution in [0.3, 0.4) is 0 Å². The quantitative estimate of drug-likeness (QED) is 0.819. The molecule has 0 radical (unpaired) electrons. The highest BCUT2D eigenvalue weighted by Gasteiger charge is 2.16. The normalized spacial score (nSPS) is 12.6. The smallest absolute Gasteiger partial charge is 0.127 e. The maximum atomic E-state index is 13.9. The van der Waals surface area contributed by atoms with Crippen molar-refractivity contribution < 1.29 is 4.39 Å². The molecule has 1 nitrogen and oxygen atoms in total. The van der Waals surface area contributed by atoms with Gasteiger partial charge in [0.05, 0.1) is 0 Å². The van der Waals surface area contributed by atoms with E-state index in [1.54, 1.807) is 11.3 Å². The Morgan fingerprint density at radius 2 is 2.16 bits per heavy atom. The Morgan fingerprint density at radius 1 is 1.37 bits per heavy atom. The second-order valence-corrected chi connectivity index (χ2v) is 6.22. The van der Waals surface area contributed by atoms with E-state index in [1.165, 1.54) is 17.2 Å². The van der Waals surface area contributed by atoms with Crippen molar-refractivity contribution >= 4 is 27.3 Å². The van der Waals surface area contributed by atoms with E-state index in [0.717, 1.165) is 16.6 Å². The summed E-state index contributed by atoms with van der Waals surface area (Å²) < 4.78 is 14.7. The van der Waals surface area contributed by atoms with E-state index in [2.05, 4.69) is 45.9 Å². The van der Waals surface area contributed by atoms with E-state index in [9.17, 15) is 4.39 Å². The number of hydrogen-bond acceptors (Lipinski definition) is 2. The summed E-state index contributed by atoms with van der Waals surface area (Å²) in [4.78, 5) is 0. The van der Waals surface area contributed by atoms with Gasteiger partial charge in [-0.15, -0.1) is 0 Å². The molecule has 102 valence electrons. The van der Waals surface area contributed by atoms with Gasteiger partial charge in [-0.3, -0.25) is 0 Å². The fourth-order valence-corrected chi connectivity index (χ4v) is 3.41. The number of benzene rings is 1. The first-order valence-electron chi connectivity index (χ1n) is 6.31. The van der Waals surface area contributed by atoms with Crippen LogP contribution >= 0.6 is 27.3 Å². The number of aryl methyl sites for hydroxylation is 1. The summed E-state index contributed by atoms with van der Waals surface area (Å²) in [5.41, 5.74) is 3.29. The minimum absolute atomic E-state index is 0.148. The third-order valence-electron chi connectivity index (χ3n) is 3.16. The second kappa shape index (κ2) is 6.64. The fourth-order valence-electron chi connectivity index (χ4n) is 2.17. The lowest BCUT2D eigenvalue weighted by molar-refractivity contribution is 0.527. The van der Waals surface area contributed by atoms with E-state index < -0.39 is 0 Å². The first-order valence-corrected chi connectivity index (χ1v) is 8.05. The number of nitrogens with one attached hydrogen (secondary N) is 1. The average Bonchev–Trinajstić information content (AvgIpc) is 2.78. The van der Waals surface area contributed by atoms with Crippen molar-refractivity contribution in [1.29, 1.82) is 0 Å². The molecular formula is C15H17BrFNS. The molecule has 1 aromatic carbocycles. The molecule has 0 aliphatic rings. The Morgan fingerprint density at radius 3 is 2.74 bits per heavy atom. The van der Waals surface area contributed by atoms with Crippen LogP contribution in [0.4, 0.5) is 4.39 Å². The number of likely N-dealkylation sites (N-methyl/N-ethyl adjacent to an activating group) is 1. The minimum atomic E-state index is -0.148. The van der Waals surface area contributed by atoms with Gasteiger partial charge in [0, 0.05) is 10.5 Å². The van der Waals surface area contributed by atoms with Gasteiger partial charge >= 0.3 is 0 Å². The topological polar surface area (TPSA) is 12.0 Å². The maximum absolute atomic E-state index is 13.9. The number of hydrogen-bond donors (Lipinski definition) is 1. The zero-order valence-electron chi connectivity index (χ0n) is 11.0. The zero-order chi connectivity index (χ0) is 13.8. The predicted molar refractivity (Wildman–Crippen MR) is 83.3 cm³/mol. The molecule has 0 aliphatic heterocycles. The molecule has 1 N–H and O–H groups in total. The van der Waals surface area contributed by atoms with Crippen LogP contribution in [-0.2, 0) is 6.42 Å². The Labute approximate surface area is 126 Å². The molecule has 2 aromatic rings. The first-order chi connectivity index (χ1) is 9.11. The van der Waals surface area contributed by atoms with E-state index in [-0.39, 0.29) is 11.9 Å². The summed E-state index contributed by atoms with van der Waals surface area (Å²) in [6.07, 6.45) is 0.671. The monoisotopic (exact) mass is 341 g/mol. The summed E-state index contributed by atoms with van der Waals surface area (Å²) in [5.74, 6) is -0.148. The van der Waals surface area contributed by atoms with Gasteiger partial charge < -0.3 is 5.32 Å². The maximum Gasteiger partial charge on any atom is 0.127 e. The van der Waals surface area contributed by atoms with Crippen molar-refractivity contribution in [2.75, 3.05) is 6.54 Å². The van der Waals surface area contributed by atoms with Crippen molar-refractivity contribution in [2.45, 2.75) is 26.3 Å². The zero-order valence-corrected chi connectivity index (χ0v) is 13.4. The van der Waals surface area contributed by atoms with Crippen LogP contribution in [0.2, 0.25) is 0 Å². The molecule has 1 atom stereocenters. The standard InChI is InChI=1S/C15H17BrFNS/c1-3-18-15(13-9-19-8-10(13)2)6-11-4-5-12(16)7-14(11)17/h4-5,7-9,15,18H,3,6H2,1-2H3. The lowest BCUT2D eigenvalue weighted by Crippen LogP contribution is -2.23. The summed E-state index contributed by atoms with van der Waals surface area (Å²) >= 11 is 4.99. The number of rotatable bonds is 5. The molecule has 1 unspecified atom stereocenters. The van der Waals surface area contributed by atoms with Crippen LogP contribution in [0.1, 0.15) is 29.7 Å². The molecular weight excluding hydrogens is 325 g/mol. The second-order valence-electron chi connectivity index (χ2n) is 4.56. The average molecular weight is 342 g/mol. The molecule has 2 rings (SSSR count). The highest BCUT2D eigenvalue weighted by Crippen LogP contribution is 2.26. The van der Waals surface area contributed by atoms with Gasteiger partial charge in [0.1, 0.15) is 5.82 Å². The SMILES string of the molecule is CCNC(Cc1ccc(Br)cc1F)c1cscc1C. The third-order valence-corrected chi connectivity index (χ3v) is 4.53. The van der Waals surface area contributed by atoms with Crippen molar-refractivity contribution in [1.82, 2.24) is 5.32 Å². The van der Waals surface area contributed by atoms with Gasteiger partial charge in [-0.05, 0) is 59.5 Å². The van der Waals surface area contributed by atoms with Gasteiger partial charge in [-0.25, -0.2) is 4.39 Å². The Kier molecular flexibility index (Phi) is 5.13. The van der Waals surface area contributed by atoms with E-state index >= 15 is 0 Å². The molecule has 19 heavy (non-hydrogen) atoms. The third kappa shape index (κ3) is 3.65. The van der Waals surface area contributed by atoms with E-state index in [1.807, 2.05) is 12.1 Å². The lowest BCUT2D eigenvalue weighted by atomic mass is 9.98. The van der Waals surface area contributed by atoms with Gasteiger partial charge in [0.2, 0.25) is 0 Å². The van der Waals surface area contributed by atoms with Crippen LogP contribution in [0.15, 0.2) is 33.4 Å². The Bertz CT molecular complexity index is 553. The largest absolute Gasteiger partial charge is 0.310 e. The summed E-state index contributed by atoms with van der Waals surface area (Å²) in [6, 6.07) is 5.44. The molecule has 1 aromatic heterocycles. The van der Waals surface area contributed by atoms with Crippen LogP contribution < -0.4 is 5.32 Å². The molecule has 0 fully saturated rings. The molecule has 0 saturated heterocycles. The Balaban J connectivity index is 2.24. The summed E-state index contributed by atoms with van der Waals surface area (Å²) in [6.45, 7) is 5.05. The van der Waals surface area contributed by atoms with Gasteiger partial charge in [0.25, 0.3) is 0 Å². The first kappa shape index (κ1) is 14.7. The molecule has 0 saturated carbocycles. The van der Waals surface area contributed by atoms with E-state index in [0.29, 0.717) is 6.42 Å². The molecule has 4 heteroatoms. The van der Waals surface area contributed by atoms with Crippen LogP contribution in [0.25, 0.3) is 0 Å². The Hall–Kier alpha value is -0.710. The van der Waals surface area contributed by atoms with Crippen molar-refractivity contribution in [3.05, 3.63) is 55.9 Å². The van der Waals surface area contributed by atoms with Crippen LogP contribution in [0.5, 0.6) is 0 Å². The molecule has 1 heterocycles. The summed E-state index contributed by atoms with van der Waals surface area (Å²) in [7, 11) is 0. The molecule has 0 spiro atoms. The molecule has 0 bridgehead atoms. The van der Waals surface area contributed by atoms with Crippen molar-refractivity contribution in [3.63, 3.8) is 0 Å². The highest BCUT2D eigenvalue weighted by molar-refractivity contribution is 9.10. The van der Waals surface area contributed by atoms with E-state index in [4.69, 9.17) is 0 Å². The van der Waals surface area contributed by atoms with Gasteiger partial charge in [-0.1, -0.05) is 28.9 Å².